The Morgan fingerprint density at radius 2 is 1.55 bits per heavy atom. The number of carbonyl (C=O) groups is 3. The predicted octanol–water partition coefficient (Wildman–Crippen LogP) is 4.33. The van der Waals surface area contributed by atoms with E-state index in [9.17, 15) is 14.4 Å². The Morgan fingerprint density at radius 1 is 0.931 bits per heavy atom. The summed E-state index contributed by atoms with van der Waals surface area (Å²) >= 11 is 5.78. The van der Waals surface area contributed by atoms with Crippen molar-refractivity contribution in [3.63, 3.8) is 0 Å². The molecule has 1 N–H and O–H groups in total. The van der Waals surface area contributed by atoms with Gasteiger partial charge in [-0.15, -0.1) is 0 Å². The summed E-state index contributed by atoms with van der Waals surface area (Å²) in [5.41, 5.74) is 2.18. The largest absolute Gasteiger partial charge is 0.456 e. The highest BCUT2D eigenvalue weighted by Gasteiger charge is 2.12. The van der Waals surface area contributed by atoms with Crippen LogP contribution in [0, 0.1) is 0 Å². The van der Waals surface area contributed by atoms with Gasteiger partial charge in [-0.25, -0.2) is 0 Å². The second-order valence-electron chi connectivity index (χ2n) is 6.36. The van der Waals surface area contributed by atoms with E-state index in [1.807, 2.05) is 12.1 Å². The van der Waals surface area contributed by atoms with E-state index in [0.717, 1.165) is 18.8 Å². The number of Topliss-reactive ketones (excluding diaryl/α,β-unsaturated/α-hetero) is 1. The highest BCUT2D eigenvalue weighted by molar-refractivity contribution is 6.30. The van der Waals surface area contributed by atoms with E-state index < -0.39 is 18.5 Å². The molecule has 0 saturated heterocycles. The van der Waals surface area contributed by atoms with Crippen molar-refractivity contribution in [2.24, 2.45) is 0 Å². The zero-order valence-corrected chi connectivity index (χ0v) is 17.4. The lowest BCUT2D eigenvalue weighted by Crippen LogP contribution is -2.22. The van der Waals surface area contributed by atoms with Gasteiger partial charge in [0.2, 0.25) is 0 Å². The molecule has 2 aromatic carbocycles. The van der Waals surface area contributed by atoms with E-state index in [4.69, 9.17) is 16.3 Å². The molecule has 2 rings (SSSR count). The fourth-order valence-corrected chi connectivity index (χ4v) is 2.88. The van der Waals surface area contributed by atoms with Crippen LogP contribution in [0.5, 0.6) is 0 Å². The van der Waals surface area contributed by atoms with Crippen molar-refractivity contribution in [2.75, 3.05) is 29.9 Å². The van der Waals surface area contributed by atoms with Crippen LogP contribution in [0.15, 0.2) is 48.5 Å². The van der Waals surface area contributed by atoms with Crippen LogP contribution in [-0.4, -0.2) is 37.4 Å². The summed E-state index contributed by atoms with van der Waals surface area (Å²) in [6.45, 7) is 5.57. The molecular formula is C22H25ClN2O4. The number of amides is 1. The average Bonchev–Trinajstić information content (AvgIpc) is 2.73. The maximum Gasteiger partial charge on any atom is 0.306 e. The van der Waals surface area contributed by atoms with Crippen LogP contribution in [0.25, 0.3) is 0 Å². The van der Waals surface area contributed by atoms with Crippen LogP contribution < -0.4 is 10.2 Å². The van der Waals surface area contributed by atoms with Crippen molar-refractivity contribution in [1.29, 1.82) is 0 Å². The number of anilines is 2. The molecule has 7 heteroatoms. The monoisotopic (exact) mass is 416 g/mol. The number of hydrogen-bond donors (Lipinski definition) is 1. The van der Waals surface area contributed by atoms with Gasteiger partial charge >= 0.3 is 5.97 Å². The summed E-state index contributed by atoms with van der Waals surface area (Å²) in [6.07, 6.45) is -0.0811. The number of carbonyl (C=O) groups excluding carboxylic acids is 3. The second kappa shape index (κ2) is 11.2. The molecule has 0 spiro atoms. The Morgan fingerprint density at radius 3 is 2.14 bits per heavy atom. The lowest BCUT2D eigenvalue weighted by molar-refractivity contribution is -0.147. The van der Waals surface area contributed by atoms with Gasteiger partial charge in [0.25, 0.3) is 5.91 Å². The third-order valence-electron chi connectivity index (χ3n) is 4.37. The van der Waals surface area contributed by atoms with Crippen LogP contribution in [0.4, 0.5) is 11.4 Å². The predicted molar refractivity (Wildman–Crippen MR) is 115 cm³/mol. The summed E-state index contributed by atoms with van der Waals surface area (Å²) in [5, 5.41) is 3.22. The van der Waals surface area contributed by atoms with Gasteiger partial charge in [0.15, 0.2) is 12.4 Å². The summed E-state index contributed by atoms with van der Waals surface area (Å²) in [5.74, 6) is -1.21. The van der Waals surface area contributed by atoms with E-state index in [1.54, 1.807) is 36.4 Å². The van der Waals surface area contributed by atoms with Crippen LogP contribution in [0.2, 0.25) is 5.02 Å². The van der Waals surface area contributed by atoms with Crippen LogP contribution >= 0.6 is 11.6 Å². The third kappa shape index (κ3) is 7.23. The molecule has 0 heterocycles. The molecule has 0 radical (unpaired) electrons. The van der Waals surface area contributed by atoms with Gasteiger partial charge in [-0.05, 0) is 62.4 Å². The summed E-state index contributed by atoms with van der Waals surface area (Å²) in [6, 6.07) is 13.9. The molecule has 0 unspecified atom stereocenters. The van der Waals surface area contributed by atoms with Crippen molar-refractivity contribution >= 4 is 40.6 Å². The van der Waals surface area contributed by atoms with Gasteiger partial charge in [0.05, 0.1) is 6.42 Å². The minimum atomic E-state index is -0.598. The molecule has 0 bridgehead atoms. The molecule has 1 amide bonds. The molecule has 0 aromatic heterocycles. The lowest BCUT2D eigenvalue weighted by atomic mass is 10.1. The van der Waals surface area contributed by atoms with Crippen molar-refractivity contribution in [2.45, 2.75) is 26.7 Å². The lowest BCUT2D eigenvalue weighted by Gasteiger charge is -2.21. The van der Waals surface area contributed by atoms with Crippen molar-refractivity contribution in [1.82, 2.24) is 0 Å². The Balaban J connectivity index is 1.73. The van der Waals surface area contributed by atoms with Crippen LogP contribution in [0.1, 0.15) is 37.0 Å². The first kappa shape index (κ1) is 22.4. The minimum Gasteiger partial charge on any atom is -0.456 e. The number of benzene rings is 2. The number of ketones is 1. The molecule has 0 aliphatic carbocycles. The normalized spacial score (nSPS) is 10.3. The van der Waals surface area contributed by atoms with Crippen LogP contribution in [-0.2, 0) is 14.3 Å². The number of nitrogens with zero attached hydrogens (tertiary/aromatic N) is 1. The molecule has 29 heavy (non-hydrogen) atoms. The Kier molecular flexibility index (Phi) is 8.68. The molecule has 0 atom stereocenters. The number of nitrogens with one attached hydrogen (secondary N) is 1. The smallest absolute Gasteiger partial charge is 0.306 e. The molecule has 0 fully saturated rings. The van der Waals surface area contributed by atoms with E-state index in [0.29, 0.717) is 16.3 Å². The third-order valence-corrected chi connectivity index (χ3v) is 4.62. The van der Waals surface area contributed by atoms with Crippen LogP contribution in [0.3, 0.4) is 0 Å². The second-order valence-corrected chi connectivity index (χ2v) is 6.79. The molecule has 0 aliphatic heterocycles. The number of halogens is 1. The zero-order chi connectivity index (χ0) is 21.2. The molecule has 154 valence electrons. The SMILES string of the molecule is CCN(CC)c1ccc(NC(=O)COC(=O)CCC(=O)c2ccc(Cl)cc2)cc1. The van der Waals surface area contributed by atoms with E-state index in [-0.39, 0.29) is 18.6 Å². The molecular weight excluding hydrogens is 392 g/mol. The first-order valence-corrected chi connectivity index (χ1v) is 9.90. The quantitative estimate of drug-likeness (QED) is 0.460. The maximum absolute atomic E-state index is 12.0. The molecule has 6 nitrogen and oxygen atoms in total. The molecule has 0 aliphatic rings. The fourth-order valence-electron chi connectivity index (χ4n) is 2.76. The average molecular weight is 417 g/mol. The van der Waals surface area contributed by atoms with Crippen molar-refractivity contribution < 1.29 is 19.1 Å². The number of hydrogen-bond acceptors (Lipinski definition) is 5. The first-order valence-electron chi connectivity index (χ1n) is 9.52. The zero-order valence-electron chi connectivity index (χ0n) is 16.6. The Hall–Kier alpha value is -2.86. The van der Waals surface area contributed by atoms with Gasteiger partial charge in [-0.3, -0.25) is 14.4 Å². The van der Waals surface area contributed by atoms with Crippen molar-refractivity contribution in [3.8, 4) is 0 Å². The van der Waals surface area contributed by atoms with Gasteiger partial charge in [-0.1, -0.05) is 11.6 Å². The number of esters is 1. The number of rotatable bonds is 10. The molecule has 2 aromatic rings. The van der Waals surface area contributed by atoms with Gasteiger partial charge < -0.3 is 15.0 Å². The van der Waals surface area contributed by atoms with E-state index in [1.165, 1.54) is 0 Å². The summed E-state index contributed by atoms with van der Waals surface area (Å²) < 4.78 is 4.95. The fraction of sp³-hybridized carbons (Fsp3) is 0.318. The highest BCUT2D eigenvalue weighted by Crippen LogP contribution is 2.17. The van der Waals surface area contributed by atoms with Gasteiger partial charge in [0, 0.05) is 41.5 Å². The topological polar surface area (TPSA) is 75.7 Å². The van der Waals surface area contributed by atoms with Gasteiger partial charge in [0.1, 0.15) is 0 Å². The Bertz CT molecular complexity index is 831. The maximum atomic E-state index is 12.0. The minimum absolute atomic E-state index is 0.00883. The first-order chi connectivity index (χ1) is 13.9. The van der Waals surface area contributed by atoms with E-state index in [2.05, 4.69) is 24.1 Å². The summed E-state index contributed by atoms with van der Waals surface area (Å²) in [7, 11) is 0. The highest BCUT2D eigenvalue weighted by atomic mass is 35.5. The molecule has 0 saturated carbocycles. The Labute approximate surface area is 175 Å². The standard InChI is InChI=1S/C22H25ClN2O4/c1-3-25(4-2)19-11-9-18(10-12-19)24-21(27)15-29-22(28)14-13-20(26)16-5-7-17(23)8-6-16/h5-12H,3-4,13-15H2,1-2H3,(H,24,27). The van der Waals surface area contributed by atoms with E-state index >= 15 is 0 Å². The number of ether oxygens (including phenoxy) is 1. The van der Waals surface area contributed by atoms with Crippen molar-refractivity contribution in [3.05, 3.63) is 59.1 Å². The van der Waals surface area contributed by atoms with Gasteiger partial charge in [-0.2, -0.15) is 0 Å². The summed E-state index contributed by atoms with van der Waals surface area (Å²) in [4.78, 5) is 38.0.